The molecule has 0 radical (unpaired) electrons. The van der Waals surface area contributed by atoms with Crippen molar-refractivity contribution in [1.82, 2.24) is 19.8 Å². The second-order valence-corrected chi connectivity index (χ2v) is 10.4. The third-order valence-corrected chi connectivity index (χ3v) is 6.87. The summed E-state index contributed by atoms with van der Waals surface area (Å²) in [5.74, 6) is -0.135. The summed E-state index contributed by atoms with van der Waals surface area (Å²) in [4.78, 5) is 18.6. The Labute approximate surface area is 196 Å². The SMILES string of the molecule is CCN(Cc1cnc(S(=O)(=O)Cc2ccc(C)cc2)n1Cc1ccccc1)C(=O)NC(C)C. The zero-order valence-electron chi connectivity index (χ0n) is 19.7. The topological polar surface area (TPSA) is 84.3 Å². The van der Waals surface area contributed by atoms with Gasteiger partial charge < -0.3 is 14.8 Å². The summed E-state index contributed by atoms with van der Waals surface area (Å²) >= 11 is 0. The Hall–Kier alpha value is -3.13. The highest BCUT2D eigenvalue weighted by molar-refractivity contribution is 7.90. The molecule has 176 valence electrons. The van der Waals surface area contributed by atoms with Gasteiger partial charge in [0.05, 0.1) is 30.7 Å². The van der Waals surface area contributed by atoms with Crippen molar-refractivity contribution >= 4 is 15.9 Å². The van der Waals surface area contributed by atoms with Gasteiger partial charge >= 0.3 is 6.03 Å². The molecule has 0 fully saturated rings. The molecule has 0 saturated carbocycles. The van der Waals surface area contributed by atoms with Crippen molar-refractivity contribution in [3.63, 3.8) is 0 Å². The third kappa shape index (κ3) is 6.44. The lowest BCUT2D eigenvalue weighted by molar-refractivity contribution is 0.194. The molecule has 2 aromatic carbocycles. The fourth-order valence-corrected chi connectivity index (χ4v) is 5.02. The van der Waals surface area contributed by atoms with Crippen LogP contribution < -0.4 is 5.32 Å². The van der Waals surface area contributed by atoms with Crippen molar-refractivity contribution in [3.05, 3.63) is 83.2 Å². The second-order valence-electron chi connectivity index (χ2n) is 8.47. The number of urea groups is 1. The number of benzene rings is 2. The predicted molar refractivity (Wildman–Crippen MR) is 130 cm³/mol. The number of carbonyl (C=O) groups is 1. The van der Waals surface area contributed by atoms with Crippen LogP contribution in [0, 0.1) is 6.92 Å². The Bertz CT molecular complexity index is 1170. The van der Waals surface area contributed by atoms with Crippen molar-refractivity contribution in [1.29, 1.82) is 0 Å². The van der Waals surface area contributed by atoms with E-state index < -0.39 is 9.84 Å². The van der Waals surface area contributed by atoms with E-state index in [4.69, 9.17) is 0 Å². The molecular formula is C25H32N4O3S. The van der Waals surface area contributed by atoms with Crippen LogP contribution in [0.15, 0.2) is 66.0 Å². The van der Waals surface area contributed by atoms with E-state index in [1.54, 1.807) is 15.7 Å². The standard InChI is InChI=1S/C25H32N4O3S/c1-5-28(24(30)27-19(2)3)17-23-15-26-25(29(23)16-21-9-7-6-8-10-21)33(31,32)18-22-13-11-20(4)12-14-22/h6-15,19H,5,16-18H2,1-4H3,(H,27,30). The third-order valence-electron chi connectivity index (χ3n) is 5.27. The van der Waals surface area contributed by atoms with E-state index in [1.807, 2.05) is 82.3 Å². The number of nitrogens with zero attached hydrogens (tertiary/aromatic N) is 3. The minimum absolute atomic E-state index is 0.00577. The van der Waals surface area contributed by atoms with E-state index >= 15 is 0 Å². The lowest BCUT2D eigenvalue weighted by atomic mass is 10.2. The summed E-state index contributed by atoms with van der Waals surface area (Å²) in [5.41, 5.74) is 3.41. The van der Waals surface area contributed by atoms with Gasteiger partial charge in [0.15, 0.2) is 0 Å². The Morgan fingerprint density at radius 1 is 1.06 bits per heavy atom. The highest BCUT2D eigenvalue weighted by Crippen LogP contribution is 2.21. The molecule has 1 N–H and O–H groups in total. The van der Waals surface area contributed by atoms with E-state index in [1.165, 1.54) is 0 Å². The number of aryl methyl sites for hydroxylation is 1. The number of hydrogen-bond donors (Lipinski definition) is 1. The molecule has 0 spiro atoms. The summed E-state index contributed by atoms with van der Waals surface area (Å²) < 4.78 is 28.5. The molecular weight excluding hydrogens is 436 g/mol. The van der Waals surface area contributed by atoms with Crippen LogP contribution in [-0.2, 0) is 28.7 Å². The molecule has 0 aliphatic heterocycles. The zero-order valence-corrected chi connectivity index (χ0v) is 20.5. The van der Waals surface area contributed by atoms with Gasteiger partial charge in [0, 0.05) is 12.6 Å². The maximum absolute atomic E-state index is 13.4. The molecule has 0 atom stereocenters. The molecule has 7 nitrogen and oxygen atoms in total. The number of nitrogens with one attached hydrogen (secondary N) is 1. The van der Waals surface area contributed by atoms with Gasteiger partial charge in [-0.05, 0) is 38.8 Å². The quantitative estimate of drug-likeness (QED) is 0.511. The summed E-state index contributed by atoms with van der Waals surface area (Å²) in [6.07, 6.45) is 1.57. The van der Waals surface area contributed by atoms with Crippen LogP contribution in [0.2, 0.25) is 0 Å². The van der Waals surface area contributed by atoms with Gasteiger partial charge in [-0.15, -0.1) is 0 Å². The Morgan fingerprint density at radius 2 is 1.73 bits per heavy atom. The van der Waals surface area contributed by atoms with Crippen LogP contribution in [-0.4, -0.2) is 41.5 Å². The van der Waals surface area contributed by atoms with Gasteiger partial charge in [-0.1, -0.05) is 60.2 Å². The van der Waals surface area contributed by atoms with Crippen molar-refractivity contribution in [3.8, 4) is 0 Å². The van der Waals surface area contributed by atoms with E-state index in [0.717, 1.165) is 11.1 Å². The molecule has 0 unspecified atom stereocenters. The molecule has 33 heavy (non-hydrogen) atoms. The van der Waals surface area contributed by atoms with Crippen LogP contribution in [0.3, 0.4) is 0 Å². The average Bonchev–Trinajstić information content (AvgIpc) is 3.16. The fraction of sp³-hybridized carbons (Fsp3) is 0.360. The average molecular weight is 469 g/mol. The number of rotatable bonds is 9. The summed E-state index contributed by atoms with van der Waals surface area (Å²) in [6, 6.07) is 16.9. The number of carbonyl (C=O) groups excluding carboxylic acids is 1. The predicted octanol–water partition coefficient (Wildman–Crippen LogP) is 4.15. The lowest BCUT2D eigenvalue weighted by Crippen LogP contribution is -2.42. The fourth-order valence-electron chi connectivity index (χ4n) is 3.53. The number of imidazole rings is 1. The highest BCUT2D eigenvalue weighted by Gasteiger charge is 2.25. The van der Waals surface area contributed by atoms with Crippen LogP contribution >= 0.6 is 0 Å². The minimum Gasteiger partial charge on any atom is -0.336 e. The Morgan fingerprint density at radius 3 is 2.33 bits per heavy atom. The lowest BCUT2D eigenvalue weighted by Gasteiger charge is -2.23. The van der Waals surface area contributed by atoms with E-state index in [0.29, 0.717) is 24.3 Å². The largest absolute Gasteiger partial charge is 0.336 e. The first-order valence-electron chi connectivity index (χ1n) is 11.1. The first kappa shape index (κ1) is 24.5. The molecule has 0 aliphatic rings. The highest BCUT2D eigenvalue weighted by atomic mass is 32.2. The van der Waals surface area contributed by atoms with E-state index in [2.05, 4.69) is 10.3 Å². The molecule has 2 amide bonds. The summed E-state index contributed by atoms with van der Waals surface area (Å²) in [7, 11) is -3.71. The van der Waals surface area contributed by atoms with Gasteiger partial charge in [-0.25, -0.2) is 18.2 Å². The Kier molecular flexibility index (Phi) is 7.92. The van der Waals surface area contributed by atoms with Crippen LogP contribution in [0.1, 0.15) is 43.2 Å². The normalized spacial score (nSPS) is 11.5. The van der Waals surface area contributed by atoms with Gasteiger partial charge in [0.25, 0.3) is 0 Å². The summed E-state index contributed by atoms with van der Waals surface area (Å²) in [6.45, 7) is 8.76. The zero-order chi connectivity index (χ0) is 24.0. The minimum atomic E-state index is -3.71. The first-order chi connectivity index (χ1) is 15.7. The van der Waals surface area contributed by atoms with Crippen LogP contribution in [0.4, 0.5) is 4.79 Å². The number of sulfone groups is 1. The van der Waals surface area contributed by atoms with Gasteiger partial charge in [-0.3, -0.25) is 0 Å². The van der Waals surface area contributed by atoms with Crippen molar-refractivity contribution in [2.24, 2.45) is 0 Å². The molecule has 0 bridgehead atoms. The van der Waals surface area contributed by atoms with Gasteiger partial charge in [-0.2, -0.15) is 0 Å². The maximum Gasteiger partial charge on any atom is 0.317 e. The van der Waals surface area contributed by atoms with Gasteiger partial charge in [0.1, 0.15) is 0 Å². The smallest absolute Gasteiger partial charge is 0.317 e. The molecule has 3 rings (SSSR count). The number of aromatic nitrogens is 2. The van der Waals surface area contributed by atoms with Crippen LogP contribution in [0.25, 0.3) is 0 Å². The monoisotopic (exact) mass is 468 g/mol. The summed E-state index contributed by atoms with van der Waals surface area (Å²) in [5, 5.41) is 2.91. The molecule has 0 saturated heterocycles. The molecule has 3 aromatic rings. The van der Waals surface area contributed by atoms with Gasteiger partial charge in [0.2, 0.25) is 15.0 Å². The van der Waals surface area contributed by atoms with Crippen molar-refractivity contribution < 1.29 is 13.2 Å². The van der Waals surface area contributed by atoms with E-state index in [9.17, 15) is 13.2 Å². The molecule has 8 heteroatoms. The van der Waals surface area contributed by atoms with Crippen molar-refractivity contribution in [2.45, 2.75) is 57.7 Å². The molecule has 0 aliphatic carbocycles. The molecule has 1 heterocycles. The number of hydrogen-bond acceptors (Lipinski definition) is 4. The Balaban J connectivity index is 1.97. The number of amides is 2. The van der Waals surface area contributed by atoms with Crippen molar-refractivity contribution in [2.75, 3.05) is 6.54 Å². The van der Waals surface area contributed by atoms with Crippen LogP contribution in [0.5, 0.6) is 0 Å². The second kappa shape index (κ2) is 10.7. The maximum atomic E-state index is 13.4. The van der Waals surface area contributed by atoms with E-state index in [-0.39, 0.29) is 29.5 Å². The first-order valence-corrected chi connectivity index (χ1v) is 12.8. The molecule has 1 aromatic heterocycles.